The molecule has 4 rings (SSSR count). The van der Waals surface area contributed by atoms with Crippen LogP contribution in [-0.4, -0.2) is 70.7 Å². The zero-order valence-electron chi connectivity index (χ0n) is 14.4. The molecule has 8 nitrogen and oxygen atoms in total. The molecule has 1 amide bonds. The van der Waals surface area contributed by atoms with Crippen LogP contribution in [0.4, 0.5) is 11.6 Å². The van der Waals surface area contributed by atoms with Crippen molar-refractivity contribution in [2.24, 2.45) is 0 Å². The standard InChI is InChI=1S/C17H23N7O/c1-22-8-9-24(11-17(22)25)16-10-15(18-12-19-16)23-6-3-13(4-7-23)14-2-5-20-21-14/h2,5,10,12-13H,3-4,6-9,11H2,1H3,(H,20,21). The number of H-pyrrole nitrogens is 1. The van der Waals surface area contributed by atoms with Gasteiger partial charge in [0.15, 0.2) is 0 Å². The fraction of sp³-hybridized carbons (Fsp3) is 0.529. The quantitative estimate of drug-likeness (QED) is 0.892. The van der Waals surface area contributed by atoms with Crippen molar-refractivity contribution in [1.29, 1.82) is 0 Å². The maximum absolute atomic E-state index is 11.9. The highest BCUT2D eigenvalue weighted by Crippen LogP contribution is 2.29. The highest BCUT2D eigenvalue weighted by molar-refractivity contribution is 5.82. The Morgan fingerprint density at radius 1 is 1.08 bits per heavy atom. The second kappa shape index (κ2) is 6.70. The van der Waals surface area contributed by atoms with Crippen LogP contribution in [0.5, 0.6) is 0 Å². The fourth-order valence-electron chi connectivity index (χ4n) is 3.55. The Morgan fingerprint density at radius 2 is 1.84 bits per heavy atom. The lowest BCUT2D eigenvalue weighted by Gasteiger charge is -2.34. The van der Waals surface area contributed by atoms with E-state index in [-0.39, 0.29) is 5.91 Å². The van der Waals surface area contributed by atoms with E-state index in [1.807, 2.05) is 24.2 Å². The molecule has 2 fully saturated rings. The number of piperazine rings is 1. The van der Waals surface area contributed by atoms with E-state index < -0.39 is 0 Å². The van der Waals surface area contributed by atoms with Crippen LogP contribution in [0, 0.1) is 0 Å². The van der Waals surface area contributed by atoms with Crippen molar-refractivity contribution in [2.75, 3.05) is 49.6 Å². The monoisotopic (exact) mass is 341 g/mol. The number of rotatable bonds is 3. The van der Waals surface area contributed by atoms with E-state index in [2.05, 4.69) is 31.1 Å². The third-order valence-corrected chi connectivity index (χ3v) is 5.20. The zero-order valence-corrected chi connectivity index (χ0v) is 14.4. The molecule has 4 heterocycles. The molecule has 2 aliphatic heterocycles. The van der Waals surface area contributed by atoms with Crippen molar-refractivity contribution in [1.82, 2.24) is 25.1 Å². The van der Waals surface area contributed by atoms with Crippen molar-refractivity contribution in [2.45, 2.75) is 18.8 Å². The molecular weight excluding hydrogens is 318 g/mol. The molecule has 0 radical (unpaired) electrons. The van der Waals surface area contributed by atoms with Crippen LogP contribution in [0.15, 0.2) is 24.7 Å². The van der Waals surface area contributed by atoms with Gasteiger partial charge in [0.05, 0.1) is 6.54 Å². The van der Waals surface area contributed by atoms with Gasteiger partial charge in [-0.1, -0.05) is 0 Å². The number of piperidine rings is 1. The largest absolute Gasteiger partial charge is 0.356 e. The molecule has 25 heavy (non-hydrogen) atoms. The number of aromatic amines is 1. The van der Waals surface area contributed by atoms with Crippen LogP contribution in [0.25, 0.3) is 0 Å². The molecule has 0 atom stereocenters. The summed E-state index contributed by atoms with van der Waals surface area (Å²) in [6.45, 7) is 3.84. The van der Waals surface area contributed by atoms with Crippen LogP contribution in [0.1, 0.15) is 24.5 Å². The number of carbonyl (C=O) groups is 1. The average molecular weight is 341 g/mol. The van der Waals surface area contributed by atoms with Gasteiger partial charge < -0.3 is 14.7 Å². The van der Waals surface area contributed by atoms with E-state index in [1.54, 1.807) is 11.2 Å². The number of carbonyl (C=O) groups excluding carboxylic acids is 1. The van der Waals surface area contributed by atoms with Crippen LogP contribution < -0.4 is 9.80 Å². The van der Waals surface area contributed by atoms with Gasteiger partial charge in [0.25, 0.3) is 0 Å². The summed E-state index contributed by atoms with van der Waals surface area (Å²) in [5.41, 5.74) is 1.22. The first-order chi connectivity index (χ1) is 12.2. The maximum Gasteiger partial charge on any atom is 0.241 e. The molecule has 132 valence electrons. The Hall–Kier alpha value is -2.64. The zero-order chi connectivity index (χ0) is 17.2. The lowest BCUT2D eigenvalue weighted by atomic mass is 9.94. The van der Waals surface area contributed by atoms with Gasteiger partial charge in [-0.15, -0.1) is 0 Å². The van der Waals surface area contributed by atoms with E-state index >= 15 is 0 Å². The summed E-state index contributed by atoms with van der Waals surface area (Å²) >= 11 is 0. The maximum atomic E-state index is 11.9. The topological polar surface area (TPSA) is 81.2 Å². The highest BCUT2D eigenvalue weighted by Gasteiger charge is 2.25. The lowest BCUT2D eigenvalue weighted by Crippen LogP contribution is -2.48. The summed E-state index contributed by atoms with van der Waals surface area (Å²) in [4.78, 5) is 26.9. The third kappa shape index (κ3) is 3.29. The van der Waals surface area contributed by atoms with Gasteiger partial charge in [-0.25, -0.2) is 9.97 Å². The molecule has 0 unspecified atom stereocenters. The SMILES string of the molecule is CN1CCN(c2cc(N3CCC(c4ccn[nH]4)CC3)ncn2)CC1=O. The van der Waals surface area contributed by atoms with Crippen LogP contribution in [0.2, 0.25) is 0 Å². The van der Waals surface area contributed by atoms with Gasteiger partial charge in [-0.05, 0) is 18.9 Å². The molecule has 1 N–H and O–H groups in total. The van der Waals surface area contributed by atoms with E-state index in [9.17, 15) is 4.79 Å². The second-order valence-electron chi connectivity index (χ2n) is 6.74. The third-order valence-electron chi connectivity index (χ3n) is 5.20. The first-order valence-corrected chi connectivity index (χ1v) is 8.76. The lowest BCUT2D eigenvalue weighted by molar-refractivity contribution is -0.129. The molecule has 0 saturated carbocycles. The van der Waals surface area contributed by atoms with Crippen molar-refractivity contribution in [3.63, 3.8) is 0 Å². The van der Waals surface area contributed by atoms with Gasteiger partial charge >= 0.3 is 0 Å². The van der Waals surface area contributed by atoms with E-state index in [0.29, 0.717) is 12.5 Å². The summed E-state index contributed by atoms with van der Waals surface area (Å²) in [7, 11) is 1.84. The molecule has 2 saturated heterocycles. The fourth-order valence-corrected chi connectivity index (χ4v) is 3.55. The van der Waals surface area contributed by atoms with Crippen molar-refractivity contribution >= 4 is 17.5 Å². The Balaban J connectivity index is 1.43. The first-order valence-electron chi connectivity index (χ1n) is 8.76. The molecule has 8 heteroatoms. The summed E-state index contributed by atoms with van der Waals surface area (Å²) in [6.07, 6.45) is 5.58. The molecule has 0 bridgehead atoms. The van der Waals surface area contributed by atoms with Crippen molar-refractivity contribution < 1.29 is 4.79 Å². The Labute approximate surface area is 146 Å². The first kappa shape index (κ1) is 15.9. The summed E-state index contributed by atoms with van der Waals surface area (Å²) in [6, 6.07) is 4.07. The molecule has 2 aromatic rings. The molecule has 2 aromatic heterocycles. The highest BCUT2D eigenvalue weighted by atomic mass is 16.2. The molecule has 0 aliphatic carbocycles. The average Bonchev–Trinajstić information content (AvgIpc) is 3.19. The Bertz CT molecular complexity index is 724. The van der Waals surface area contributed by atoms with Crippen molar-refractivity contribution in [3.8, 4) is 0 Å². The van der Waals surface area contributed by atoms with Crippen molar-refractivity contribution in [3.05, 3.63) is 30.4 Å². The predicted molar refractivity (Wildman–Crippen MR) is 94.7 cm³/mol. The van der Waals surface area contributed by atoms with Crippen LogP contribution >= 0.6 is 0 Å². The van der Waals surface area contributed by atoms with E-state index in [0.717, 1.165) is 50.7 Å². The molecular formula is C17H23N7O. The smallest absolute Gasteiger partial charge is 0.241 e. The number of nitrogens with zero attached hydrogens (tertiary/aromatic N) is 6. The minimum atomic E-state index is 0.131. The minimum Gasteiger partial charge on any atom is -0.356 e. The second-order valence-corrected chi connectivity index (χ2v) is 6.74. The number of anilines is 2. The van der Waals surface area contributed by atoms with Gasteiger partial charge in [0.1, 0.15) is 18.0 Å². The van der Waals surface area contributed by atoms with E-state index in [4.69, 9.17) is 0 Å². The Kier molecular flexibility index (Phi) is 4.25. The van der Waals surface area contributed by atoms with Gasteiger partial charge in [-0.3, -0.25) is 9.89 Å². The van der Waals surface area contributed by atoms with E-state index in [1.165, 1.54) is 5.69 Å². The predicted octanol–water partition coefficient (Wildman–Crippen LogP) is 0.862. The molecule has 0 spiro atoms. The normalized spacial score (nSPS) is 19.6. The number of likely N-dealkylation sites (N-methyl/N-ethyl adjacent to an activating group) is 1. The number of amides is 1. The summed E-state index contributed by atoms with van der Waals surface area (Å²) in [5, 5.41) is 7.14. The van der Waals surface area contributed by atoms with Crippen LogP contribution in [-0.2, 0) is 4.79 Å². The van der Waals surface area contributed by atoms with Crippen LogP contribution in [0.3, 0.4) is 0 Å². The Morgan fingerprint density at radius 3 is 2.52 bits per heavy atom. The summed E-state index contributed by atoms with van der Waals surface area (Å²) < 4.78 is 0. The van der Waals surface area contributed by atoms with Gasteiger partial charge in [0.2, 0.25) is 5.91 Å². The molecule has 0 aromatic carbocycles. The van der Waals surface area contributed by atoms with Gasteiger partial charge in [-0.2, -0.15) is 5.10 Å². The number of hydrogen-bond acceptors (Lipinski definition) is 6. The van der Waals surface area contributed by atoms with Gasteiger partial charge in [0, 0.05) is 57.1 Å². The molecule has 2 aliphatic rings. The number of hydrogen-bond donors (Lipinski definition) is 1. The number of nitrogens with one attached hydrogen (secondary N) is 1. The minimum absolute atomic E-state index is 0.131. The number of aromatic nitrogens is 4. The summed E-state index contributed by atoms with van der Waals surface area (Å²) in [5.74, 6) is 2.45.